The molecular weight excluding hydrogens is 520 g/mol. The van der Waals surface area contributed by atoms with Crippen LogP contribution in [0.25, 0.3) is 11.1 Å². The number of benzene rings is 1. The van der Waals surface area contributed by atoms with Gasteiger partial charge in [0, 0.05) is 61.5 Å². The Bertz CT molecular complexity index is 1410. The number of nitrogens with zero attached hydrogens (tertiary/aromatic N) is 4. The van der Waals surface area contributed by atoms with Gasteiger partial charge in [0.25, 0.3) is 5.91 Å². The zero-order chi connectivity index (χ0) is 28.5. The Hall–Kier alpha value is -4.00. The number of likely N-dealkylation sites (N-methyl/N-ethyl adjacent to an activating group) is 1. The van der Waals surface area contributed by atoms with Crippen LogP contribution in [-0.2, 0) is 6.18 Å². The van der Waals surface area contributed by atoms with Gasteiger partial charge in [-0.25, -0.2) is 14.4 Å². The van der Waals surface area contributed by atoms with Crippen LogP contribution in [-0.4, -0.2) is 64.6 Å². The Morgan fingerprint density at radius 3 is 2.49 bits per heavy atom. The Labute approximate surface area is 221 Å². The molecule has 0 spiro atoms. The molecule has 0 bridgehead atoms. The van der Waals surface area contributed by atoms with Crippen molar-refractivity contribution in [1.82, 2.24) is 19.9 Å². The molecule has 1 aromatic carbocycles. The number of piperazine rings is 1. The standard InChI is InChI=1S/C26H28F4N6O3/c1-14(2)39-25-32-10-16(11-33-25)17-7-21(22(9-20(17)27)36-6-5-35(4)15(3)13-36)34-24(38)18-12-31-23(37)8-19(18)26(28,29)30/h7-12,14-15H,5-6,13H2,1-4H3,(H,31,37)(H,34,38)/t15-/m1/s1. The third-order valence-electron chi connectivity index (χ3n) is 6.39. The lowest BCUT2D eigenvalue weighted by Crippen LogP contribution is -2.50. The number of H-pyrrole nitrogens is 1. The van der Waals surface area contributed by atoms with Crippen molar-refractivity contribution in [3.8, 4) is 17.1 Å². The lowest BCUT2D eigenvalue weighted by Gasteiger charge is -2.39. The van der Waals surface area contributed by atoms with E-state index in [-0.39, 0.29) is 35.0 Å². The molecule has 0 aliphatic carbocycles. The highest BCUT2D eigenvalue weighted by Crippen LogP contribution is 2.36. The highest BCUT2D eigenvalue weighted by atomic mass is 19.4. The first-order valence-electron chi connectivity index (χ1n) is 12.2. The van der Waals surface area contributed by atoms with Crippen molar-refractivity contribution in [2.75, 3.05) is 36.9 Å². The molecule has 1 saturated heterocycles. The van der Waals surface area contributed by atoms with E-state index in [9.17, 15) is 22.8 Å². The number of hydrogen-bond acceptors (Lipinski definition) is 7. The number of ether oxygens (including phenoxy) is 1. The number of aromatic nitrogens is 3. The zero-order valence-corrected chi connectivity index (χ0v) is 21.8. The number of amides is 1. The largest absolute Gasteiger partial charge is 0.461 e. The molecule has 1 fully saturated rings. The Kier molecular flexibility index (Phi) is 7.91. The van der Waals surface area contributed by atoms with Crippen molar-refractivity contribution in [2.45, 2.75) is 39.1 Å². The van der Waals surface area contributed by atoms with Gasteiger partial charge in [-0.3, -0.25) is 9.59 Å². The maximum atomic E-state index is 15.5. The fourth-order valence-corrected chi connectivity index (χ4v) is 4.22. The van der Waals surface area contributed by atoms with Crippen molar-refractivity contribution in [3.05, 3.63) is 64.1 Å². The van der Waals surface area contributed by atoms with Crippen LogP contribution >= 0.6 is 0 Å². The smallest absolute Gasteiger partial charge is 0.417 e. The van der Waals surface area contributed by atoms with Gasteiger partial charge >= 0.3 is 12.2 Å². The van der Waals surface area contributed by atoms with E-state index in [1.165, 1.54) is 24.5 Å². The van der Waals surface area contributed by atoms with Gasteiger partial charge in [0.1, 0.15) is 5.82 Å². The second kappa shape index (κ2) is 11.0. The SMILES string of the molecule is CC(C)Oc1ncc(-c2cc(NC(=O)c3c[nH]c(=O)cc3C(F)(F)F)c(N3CCN(C)[C@H](C)C3)cc2F)cn1. The summed E-state index contributed by atoms with van der Waals surface area (Å²) in [6.45, 7) is 7.24. The molecule has 3 heterocycles. The molecule has 1 amide bonds. The minimum absolute atomic E-state index is 0.0323. The summed E-state index contributed by atoms with van der Waals surface area (Å²) < 4.78 is 61.7. The summed E-state index contributed by atoms with van der Waals surface area (Å²) in [7, 11) is 1.95. The fourth-order valence-electron chi connectivity index (χ4n) is 4.22. The molecule has 2 aromatic heterocycles. The second-order valence-corrected chi connectivity index (χ2v) is 9.62. The van der Waals surface area contributed by atoms with Gasteiger partial charge in [0.15, 0.2) is 0 Å². The van der Waals surface area contributed by atoms with Gasteiger partial charge < -0.3 is 24.8 Å². The van der Waals surface area contributed by atoms with Crippen LogP contribution in [0.1, 0.15) is 36.7 Å². The molecule has 1 aliphatic heterocycles. The van der Waals surface area contributed by atoms with Gasteiger partial charge in [0.05, 0.1) is 28.6 Å². The van der Waals surface area contributed by atoms with Crippen LogP contribution in [0.5, 0.6) is 6.01 Å². The van der Waals surface area contributed by atoms with E-state index < -0.39 is 34.6 Å². The van der Waals surface area contributed by atoms with Gasteiger partial charge in [-0.15, -0.1) is 0 Å². The summed E-state index contributed by atoms with van der Waals surface area (Å²) in [6, 6.07) is 3.10. The summed E-state index contributed by atoms with van der Waals surface area (Å²) in [5.74, 6) is -1.74. The molecule has 9 nitrogen and oxygen atoms in total. The van der Waals surface area contributed by atoms with Crippen LogP contribution in [0.2, 0.25) is 0 Å². The molecule has 0 unspecified atom stereocenters. The van der Waals surface area contributed by atoms with E-state index in [2.05, 4.69) is 25.2 Å². The quantitative estimate of drug-likeness (QED) is 0.446. The third kappa shape index (κ3) is 6.36. The van der Waals surface area contributed by atoms with Crippen molar-refractivity contribution in [2.24, 2.45) is 0 Å². The lowest BCUT2D eigenvalue weighted by molar-refractivity contribution is -0.138. The molecule has 4 rings (SSSR count). The molecule has 3 aromatic rings. The zero-order valence-electron chi connectivity index (χ0n) is 21.8. The number of alkyl halides is 3. The van der Waals surface area contributed by atoms with Gasteiger partial charge in [-0.05, 0) is 40.0 Å². The Balaban J connectivity index is 1.77. The van der Waals surface area contributed by atoms with Crippen LogP contribution < -0.4 is 20.5 Å². The van der Waals surface area contributed by atoms with Crippen molar-refractivity contribution < 1.29 is 27.1 Å². The van der Waals surface area contributed by atoms with Crippen molar-refractivity contribution in [1.29, 1.82) is 0 Å². The molecule has 0 radical (unpaired) electrons. The summed E-state index contributed by atoms with van der Waals surface area (Å²) in [5.41, 5.74) is -2.44. The number of aromatic amines is 1. The van der Waals surface area contributed by atoms with E-state index >= 15 is 4.39 Å². The van der Waals surface area contributed by atoms with Crippen LogP contribution in [0.4, 0.5) is 28.9 Å². The van der Waals surface area contributed by atoms with Gasteiger partial charge in [0.2, 0.25) is 5.56 Å². The number of rotatable bonds is 6. The normalized spacial score (nSPS) is 16.4. The Morgan fingerprint density at radius 2 is 1.87 bits per heavy atom. The molecule has 13 heteroatoms. The summed E-state index contributed by atoms with van der Waals surface area (Å²) in [4.78, 5) is 39.0. The number of halogens is 4. The number of pyridine rings is 1. The predicted octanol–water partition coefficient (Wildman–Crippen LogP) is 4.17. The summed E-state index contributed by atoms with van der Waals surface area (Å²) in [6.07, 6.45) is -1.69. The topological polar surface area (TPSA) is 103 Å². The average Bonchev–Trinajstić information content (AvgIpc) is 2.86. The van der Waals surface area contributed by atoms with Crippen LogP contribution in [0, 0.1) is 5.82 Å². The maximum Gasteiger partial charge on any atom is 0.417 e. The Morgan fingerprint density at radius 1 is 1.18 bits per heavy atom. The molecule has 2 N–H and O–H groups in total. The minimum Gasteiger partial charge on any atom is -0.461 e. The molecule has 1 atom stereocenters. The van der Waals surface area contributed by atoms with Crippen LogP contribution in [0.3, 0.4) is 0 Å². The minimum atomic E-state index is -4.94. The summed E-state index contributed by atoms with van der Waals surface area (Å²) >= 11 is 0. The average molecular weight is 549 g/mol. The van der Waals surface area contributed by atoms with Crippen molar-refractivity contribution in [3.63, 3.8) is 0 Å². The second-order valence-electron chi connectivity index (χ2n) is 9.62. The highest BCUT2D eigenvalue weighted by Gasteiger charge is 2.36. The fraction of sp³-hybridized carbons (Fsp3) is 0.385. The third-order valence-corrected chi connectivity index (χ3v) is 6.39. The number of anilines is 2. The van der Waals surface area contributed by atoms with E-state index in [1.54, 1.807) is 13.8 Å². The van der Waals surface area contributed by atoms with Crippen LogP contribution in [0.15, 0.2) is 41.6 Å². The monoisotopic (exact) mass is 548 g/mol. The number of carbonyl (C=O) groups is 1. The lowest BCUT2D eigenvalue weighted by atomic mass is 10.0. The summed E-state index contributed by atoms with van der Waals surface area (Å²) in [5, 5.41) is 2.51. The van der Waals surface area contributed by atoms with E-state index in [4.69, 9.17) is 4.74 Å². The maximum absolute atomic E-state index is 15.5. The first kappa shape index (κ1) is 28.0. The first-order valence-corrected chi connectivity index (χ1v) is 12.2. The van der Waals surface area contributed by atoms with E-state index in [1.807, 2.05) is 18.9 Å². The molecule has 39 heavy (non-hydrogen) atoms. The number of carbonyl (C=O) groups excluding carboxylic acids is 1. The molecular formula is C26H28F4N6O3. The molecule has 0 saturated carbocycles. The number of nitrogens with one attached hydrogen (secondary N) is 2. The van der Waals surface area contributed by atoms with Gasteiger partial charge in [-0.1, -0.05) is 0 Å². The predicted molar refractivity (Wildman–Crippen MR) is 138 cm³/mol. The number of hydrogen-bond donors (Lipinski definition) is 2. The van der Waals surface area contributed by atoms with Gasteiger partial charge in [-0.2, -0.15) is 13.2 Å². The van der Waals surface area contributed by atoms with Crippen molar-refractivity contribution >= 4 is 17.3 Å². The molecule has 208 valence electrons. The molecule has 1 aliphatic rings. The first-order chi connectivity index (χ1) is 18.3. The van der Waals surface area contributed by atoms with E-state index in [0.717, 1.165) is 0 Å². The highest BCUT2D eigenvalue weighted by molar-refractivity contribution is 6.07. The van der Waals surface area contributed by atoms with E-state index in [0.29, 0.717) is 37.6 Å².